The van der Waals surface area contributed by atoms with Crippen molar-refractivity contribution in [1.29, 1.82) is 0 Å². The SMILES string of the molecule is CCCC1CC1NC(=O)C(C)=C1CNC1. The van der Waals surface area contributed by atoms with E-state index < -0.39 is 0 Å². The van der Waals surface area contributed by atoms with E-state index >= 15 is 0 Å². The Bertz CT molecular complexity index is 290. The number of carbonyl (C=O) groups is 1. The maximum atomic E-state index is 11.8. The summed E-state index contributed by atoms with van der Waals surface area (Å²) >= 11 is 0. The predicted octanol–water partition coefficient (Wildman–Crippen LogP) is 1.21. The summed E-state index contributed by atoms with van der Waals surface area (Å²) in [7, 11) is 0. The van der Waals surface area contributed by atoms with Crippen molar-refractivity contribution < 1.29 is 4.79 Å². The van der Waals surface area contributed by atoms with Gasteiger partial charge >= 0.3 is 0 Å². The molecule has 2 fully saturated rings. The van der Waals surface area contributed by atoms with Gasteiger partial charge in [0.15, 0.2) is 0 Å². The normalized spacial score (nSPS) is 28.3. The van der Waals surface area contributed by atoms with Crippen molar-refractivity contribution >= 4 is 5.91 Å². The van der Waals surface area contributed by atoms with Gasteiger partial charge in [0.2, 0.25) is 5.91 Å². The smallest absolute Gasteiger partial charge is 0.247 e. The van der Waals surface area contributed by atoms with Crippen LogP contribution in [-0.2, 0) is 4.79 Å². The van der Waals surface area contributed by atoms with Crippen LogP contribution in [0.2, 0.25) is 0 Å². The highest BCUT2D eigenvalue weighted by Crippen LogP contribution is 2.34. The van der Waals surface area contributed by atoms with E-state index in [9.17, 15) is 4.79 Å². The molecule has 3 heteroatoms. The fraction of sp³-hybridized carbons (Fsp3) is 0.750. The lowest BCUT2D eigenvalue weighted by Gasteiger charge is -2.21. The monoisotopic (exact) mass is 208 g/mol. The second-order valence-electron chi connectivity index (χ2n) is 4.70. The molecule has 1 aliphatic heterocycles. The van der Waals surface area contributed by atoms with Crippen molar-refractivity contribution in [1.82, 2.24) is 10.6 Å². The van der Waals surface area contributed by atoms with E-state index in [2.05, 4.69) is 17.6 Å². The number of nitrogens with one attached hydrogen (secondary N) is 2. The molecule has 2 aliphatic rings. The molecule has 3 nitrogen and oxygen atoms in total. The fourth-order valence-corrected chi connectivity index (χ4v) is 2.07. The molecule has 84 valence electrons. The van der Waals surface area contributed by atoms with Crippen LogP contribution in [0.3, 0.4) is 0 Å². The average molecular weight is 208 g/mol. The molecule has 2 rings (SSSR count). The summed E-state index contributed by atoms with van der Waals surface area (Å²) in [4.78, 5) is 11.8. The van der Waals surface area contributed by atoms with E-state index in [0.29, 0.717) is 6.04 Å². The van der Waals surface area contributed by atoms with Crippen LogP contribution in [0.5, 0.6) is 0 Å². The number of hydrogen-bond donors (Lipinski definition) is 2. The first kappa shape index (κ1) is 10.7. The van der Waals surface area contributed by atoms with E-state index in [-0.39, 0.29) is 5.91 Å². The topological polar surface area (TPSA) is 41.1 Å². The molecule has 0 spiro atoms. The third-order valence-corrected chi connectivity index (χ3v) is 3.45. The van der Waals surface area contributed by atoms with Crippen LogP contribution < -0.4 is 10.6 Å². The highest BCUT2D eigenvalue weighted by Gasteiger charge is 2.37. The van der Waals surface area contributed by atoms with Crippen molar-refractivity contribution in [2.24, 2.45) is 5.92 Å². The van der Waals surface area contributed by atoms with Gasteiger partial charge in [-0.15, -0.1) is 0 Å². The zero-order valence-corrected chi connectivity index (χ0v) is 9.60. The number of rotatable bonds is 4. The van der Waals surface area contributed by atoms with Gasteiger partial charge in [-0.1, -0.05) is 13.3 Å². The number of amides is 1. The minimum absolute atomic E-state index is 0.148. The third-order valence-electron chi connectivity index (χ3n) is 3.45. The van der Waals surface area contributed by atoms with E-state index in [1.165, 1.54) is 24.8 Å². The van der Waals surface area contributed by atoms with Gasteiger partial charge in [-0.3, -0.25) is 4.79 Å². The molecular weight excluding hydrogens is 188 g/mol. The van der Waals surface area contributed by atoms with Gasteiger partial charge in [0, 0.05) is 24.7 Å². The molecule has 1 saturated heterocycles. The maximum Gasteiger partial charge on any atom is 0.247 e. The van der Waals surface area contributed by atoms with E-state index in [1.807, 2.05) is 6.92 Å². The summed E-state index contributed by atoms with van der Waals surface area (Å²) in [6.07, 6.45) is 3.66. The van der Waals surface area contributed by atoms with E-state index in [0.717, 1.165) is 24.6 Å². The zero-order chi connectivity index (χ0) is 10.8. The van der Waals surface area contributed by atoms with Crippen LogP contribution in [0.4, 0.5) is 0 Å². The largest absolute Gasteiger partial charge is 0.349 e. The summed E-state index contributed by atoms with van der Waals surface area (Å²) in [5.74, 6) is 0.895. The average Bonchev–Trinajstić information content (AvgIpc) is 2.81. The summed E-state index contributed by atoms with van der Waals surface area (Å²) < 4.78 is 0. The molecule has 2 N–H and O–H groups in total. The standard InChI is InChI=1S/C12H20N2O/c1-3-4-9-5-11(9)14-12(15)8(2)10-6-13-7-10/h9,11,13H,3-7H2,1-2H3,(H,14,15). The van der Waals surface area contributed by atoms with Gasteiger partial charge in [0.25, 0.3) is 0 Å². The lowest BCUT2D eigenvalue weighted by atomic mass is 10.0. The molecule has 0 bridgehead atoms. The van der Waals surface area contributed by atoms with Gasteiger partial charge in [-0.05, 0) is 31.3 Å². The van der Waals surface area contributed by atoms with Gasteiger partial charge in [0.05, 0.1) is 0 Å². The van der Waals surface area contributed by atoms with Crippen LogP contribution >= 0.6 is 0 Å². The highest BCUT2D eigenvalue weighted by atomic mass is 16.1. The Hall–Kier alpha value is -0.830. The molecule has 2 unspecified atom stereocenters. The zero-order valence-electron chi connectivity index (χ0n) is 9.60. The highest BCUT2D eigenvalue weighted by molar-refractivity contribution is 5.94. The van der Waals surface area contributed by atoms with E-state index in [1.54, 1.807) is 0 Å². The minimum atomic E-state index is 0.148. The number of hydrogen-bond acceptors (Lipinski definition) is 2. The van der Waals surface area contributed by atoms with Gasteiger partial charge in [0.1, 0.15) is 0 Å². The molecule has 0 aromatic rings. The second kappa shape index (κ2) is 4.35. The molecule has 1 saturated carbocycles. The molecule has 0 aromatic heterocycles. The first-order valence-electron chi connectivity index (χ1n) is 5.92. The van der Waals surface area contributed by atoms with Crippen molar-refractivity contribution in [3.05, 3.63) is 11.1 Å². The number of carbonyl (C=O) groups excluding carboxylic acids is 1. The van der Waals surface area contributed by atoms with Crippen molar-refractivity contribution in [3.63, 3.8) is 0 Å². The fourth-order valence-electron chi connectivity index (χ4n) is 2.07. The first-order valence-corrected chi connectivity index (χ1v) is 5.92. The molecule has 0 radical (unpaired) electrons. The van der Waals surface area contributed by atoms with E-state index in [4.69, 9.17) is 0 Å². The Kier molecular flexibility index (Phi) is 3.10. The van der Waals surface area contributed by atoms with Crippen molar-refractivity contribution in [3.8, 4) is 0 Å². The molecule has 2 atom stereocenters. The Balaban J connectivity index is 1.78. The van der Waals surface area contributed by atoms with Crippen LogP contribution in [0, 0.1) is 5.92 Å². The van der Waals surface area contributed by atoms with Crippen molar-refractivity contribution in [2.45, 2.75) is 39.2 Å². The van der Waals surface area contributed by atoms with Gasteiger partial charge in [-0.2, -0.15) is 0 Å². The summed E-state index contributed by atoms with van der Waals surface area (Å²) in [5.41, 5.74) is 2.19. The molecule has 0 aromatic carbocycles. The second-order valence-corrected chi connectivity index (χ2v) is 4.70. The molecule has 15 heavy (non-hydrogen) atoms. The summed E-state index contributed by atoms with van der Waals surface area (Å²) in [6.45, 7) is 5.91. The Morgan fingerprint density at radius 2 is 2.27 bits per heavy atom. The minimum Gasteiger partial charge on any atom is -0.349 e. The van der Waals surface area contributed by atoms with Crippen LogP contribution in [0.25, 0.3) is 0 Å². The Morgan fingerprint density at radius 3 is 2.80 bits per heavy atom. The van der Waals surface area contributed by atoms with Gasteiger partial charge in [-0.25, -0.2) is 0 Å². The first-order chi connectivity index (χ1) is 7.22. The molecule has 1 aliphatic carbocycles. The summed E-state index contributed by atoms with van der Waals surface area (Å²) in [6, 6.07) is 0.459. The maximum absolute atomic E-state index is 11.8. The molecular formula is C12H20N2O. The van der Waals surface area contributed by atoms with Crippen molar-refractivity contribution in [2.75, 3.05) is 13.1 Å². The Morgan fingerprint density at radius 1 is 1.53 bits per heavy atom. The van der Waals surface area contributed by atoms with Crippen LogP contribution in [0.1, 0.15) is 33.1 Å². The Labute approximate surface area is 91.3 Å². The van der Waals surface area contributed by atoms with Crippen LogP contribution in [0.15, 0.2) is 11.1 Å². The van der Waals surface area contributed by atoms with Gasteiger partial charge < -0.3 is 10.6 Å². The predicted molar refractivity (Wildman–Crippen MR) is 60.5 cm³/mol. The molecule has 1 amide bonds. The third kappa shape index (κ3) is 2.40. The lowest BCUT2D eigenvalue weighted by Crippen LogP contribution is -2.38. The summed E-state index contributed by atoms with van der Waals surface area (Å²) in [5, 5.41) is 6.27. The van der Waals surface area contributed by atoms with Crippen LogP contribution in [-0.4, -0.2) is 25.0 Å². The quantitative estimate of drug-likeness (QED) is 0.682. The molecule has 1 heterocycles. The lowest BCUT2D eigenvalue weighted by molar-refractivity contribution is -0.117.